The fourth-order valence-electron chi connectivity index (χ4n) is 10.4. The third-order valence-corrected chi connectivity index (χ3v) is 16.8. The number of carbonyl (C=O) groups is 1. The molecule has 0 bridgehead atoms. The predicted molar refractivity (Wildman–Crippen MR) is 269 cm³/mol. The lowest BCUT2D eigenvalue weighted by atomic mass is 9.88. The molecule has 3 atom stereocenters. The van der Waals surface area contributed by atoms with Crippen LogP contribution in [0.3, 0.4) is 0 Å². The lowest BCUT2D eigenvalue weighted by molar-refractivity contribution is -0.385. The number of thioether (sulfide) groups is 1. The van der Waals surface area contributed by atoms with Gasteiger partial charge in [0.1, 0.15) is 17.1 Å². The van der Waals surface area contributed by atoms with Gasteiger partial charge in [-0.1, -0.05) is 60.7 Å². The molecule has 2 aromatic heterocycles. The predicted octanol–water partition coefficient (Wildman–Crippen LogP) is 10.7. The number of nitrogens with one attached hydrogen (secondary N) is 2. The summed E-state index contributed by atoms with van der Waals surface area (Å²) >= 11 is 1.70. The van der Waals surface area contributed by atoms with Crippen molar-refractivity contribution in [2.75, 3.05) is 45.1 Å². The summed E-state index contributed by atoms with van der Waals surface area (Å²) in [5.74, 6) is 1.10. The average molecular weight is 967 g/mol. The first kappa shape index (κ1) is 46.9. The number of likely N-dealkylation sites (tertiary alicyclic amines) is 1. The number of aromatic amines is 1. The first-order chi connectivity index (χ1) is 33.6. The summed E-state index contributed by atoms with van der Waals surface area (Å²) in [5.41, 5.74) is 5.84. The van der Waals surface area contributed by atoms with Crippen molar-refractivity contribution >= 4 is 50.0 Å². The van der Waals surface area contributed by atoms with Crippen molar-refractivity contribution in [1.82, 2.24) is 24.5 Å². The lowest BCUT2D eigenvalue weighted by Crippen LogP contribution is -2.37. The number of benzene rings is 4. The molecule has 15 heteroatoms. The average Bonchev–Trinajstić information content (AvgIpc) is 3.91. The van der Waals surface area contributed by atoms with Crippen LogP contribution in [-0.4, -0.2) is 90.2 Å². The van der Waals surface area contributed by atoms with Crippen molar-refractivity contribution in [3.63, 3.8) is 0 Å². The number of aromatic nitrogens is 2. The molecule has 2 N–H and O–H groups in total. The van der Waals surface area contributed by atoms with Crippen molar-refractivity contribution in [1.29, 1.82) is 0 Å². The molecule has 2 saturated heterocycles. The van der Waals surface area contributed by atoms with E-state index in [2.05, 4.69) is 54.8 Å². The molecule has 13 nitrogen and oxygen atoms in total. The highest BCUT2D eigenvalue weighted by molar-refractivity contribution is 7.99. The van der Waals surface area contributed by atoms with Crippen molar-refractivity contribution in [2.24, 2.45) is 5.92 Å². The van der Waals surface area contributed by atoms with Gasteiger partial charge in [0.2, 0.25) is 0 Å². The van der Waals surface area contributed by atoms with Gasteiger partial charge in [-0.25, -0.2) is 18.1 Å². The monoisotopic (exact) mass is 966 g/mol. The zero-order chi connectivity index (χ0) is 47.3. The smallest absolute Gasteiger partial charge is 0.273 e. The summed E-state index contributed by atoms with van der Waals surface area (Å²) in [4.78, 5) is 39.6. The number of allylic oxidation sites excluding steroid dienone is 1. The van der Waals surface area contributed by atoms with Gasteiger partial charge in [0.05, 0.1) is 34.8 Å². The van der Waals surface area contributed by atoms with Crippen molar-refractivity contribution in [3.8, 4) is 11.5 Å². The molecular weight excluding hydrogens is 909 g/mol. The van der Waals surface area contributed by atoms with Crippen LogP contribution in [0.1, 0.15) is 95.9 Å². The van der Waals surface area contributed by atoms with E-state index < -0.39 is 20.9 Å². The van der Waals surface area contributed by atoms with Gasteiger partial charge >= 0.3 is 0 Å². The van der Waals surface area contributed by atoms with Crippen LogP contribution in [0.5, 0.6) is 11.5 Å². The van der Waals surface area contributed by atoms with E-state index in [1.165, 1.54) is 48.9 Å². The van der Waals surface area contributed by atoms with Gasteiger partial charge in [0.25, 0.3) is 21.6 Å². The van der Waals surface area contributed by atoms with Crippen molar-refractivity contribution in [3.05, 3.63) is 160 Å². The first-order valence-electron chi connectivity index (χ1n) is 24.3. The van der Waals surface area contributed by atoms with Crippen LogP contribution >= 0.6 is 11.8 Å². The van der Waals surface area contributed by atoms with Gasteiger partial charge in [-0.15, -0.1) is 11.8 Å². The summed E-state index contributed by atoms with van der Waals surface area (Å²) < 4.78 is 42.2. The first-order valence-corrected chi connectivity index (χ1v) is 26.7. The Hall–Kier alpha value is -5.84. The standard InChI is InChI=1S/C54H58N6O7S2/c61-54(57-69(64,65)46-20-16-41(51(34-46)60(62)63)31-37(23-26-58-27-29-66-30-28-58)36-68-45-7-2-1-3-8-45)49-21-17-40(33-52(49)67-44-32-42-22-24-55-53(42)56-35-44)38-14-18-43(19-15-38)59-25-6-11-50(59)48-10-5-4-9-47(48)39-12-13-39/h1-5,7-10,14,16-17,20-22,24,32-35,37,39,43,50H,6,11-13,15,18-19,23,25-31,36H2,(H,55,56)(H,57,61). The molecule has 358 valence electrons. The van der Waals surface area contributed by atoms with Crippen LogP contribution < -0.4 is 9.46 Å². The summed E-state index contributed by atoms with van der Waals surface area (Å²) in [6.45, 7) is 4.94. The number of morpholine rings is 1. The highest BCUT2D eigenvalue weighted by Gasteiger charge is 2.36. The number of rotatable bonds is 18. The fourth-order valence-corrected chi connectivity index (χ4v) is 12.4. The van der Waals surface area contributed by atoms with Gasteiger partial charge in [-0.3, -0.25) is 24.7 Å². The zero-order valence-corrected chi connectivity index (χ0v) is 40.3. The van der Waals surface area contributed by atoms with Crippen LogP contribution in [0.15, 0.2) is 131 Å². The van der Waals surface area contributed by atoms with E-state index >= 15 is 0 Å². The second kappa shape index (κ2) is 21.0. The number of nitro benzene ring substituents is 1. The van der Waals surface area contributed by atoms with Crippen molar-refractivity contribution < 1.29 is 27.6 Å². The highest BCUT2D eigenvalue weighted by Crippen LogP contribution is 2.47. The van der Waals surface area contributed by atoms with E-state index in [-0.39, 0.29) is 27.8 Å². The molecule has 4 aliphatic rings. The fraction of sp³-hybridized carbons (Fsp3) is 0.370. The van der Waals surface area contributed by atoms with Crippen LogP contribution in [0.25, 0.3) is 16.6 Å². The topological polar surface area (TPSA) is 160 Å². The van der Waals surface area contributed by atoms with E-state index in [1.807, 2.05) is 42.5 Å². The third-order valence-electron chi connectivity index (χ3n) is 14.2. The molecule has 4 aromatic carbocycles. The van der Waals surface area contributed by atoms with Crippen LogP contribution in [0, 0.1) is 16.0 Å². The second-order valence-corrected chi connectivity index (χ2v) is 21.6. The summed E-state index contributed by atoms with van der Waals surface area (Å²) in [5, 5.41) is 13.4. The molecule has 4 heterocycles. The Balaban J connectivity index is 0.876. The number of sulfonamides is 1. The molecule has 0 radical (unpaired) electrons. The minimum atomic E-state index is -4.58. The zero-order valence-electron chi connectivity index (χ0n) is 38.6. The molecule has 2 aliphatic heterocycles. The maximum atomic E-state index is 14.2. The molecule has 2 aliphatic carbocycles. The Morgan fingerprint density at radius 1 is 0.942 bits per heavy atom. The quantitative estimate of drug-likeness (QED) is 0.0479. The number of nitrogens with zero attached hydrogens (tertiary/aromatic N) is 4. The number of H-pyrrole nitrogens is 1. The maximum absolute atomic E-state index is 14.2. The van der Waals surface area contributed by atoms with Crippen molar-refractivity contribution in [2.45, 2.75) is 85.6 Å². The maximum Gasteiger partial charge on any atom is 0.273 e. The molecule has 1 saturated carbocycles. The Morgan fingerprint density at radius 2 is 1.75 bits per heavy atom. The van der Waals surface area contributed by atoms with E-state index in [4.69, 9.17) is 9.47 Å². The van der Waals surface area contributed by atoms with E-state index in [0.717, 1.165) is 85.1 Å². The van der Waals surface area contributed by atoms with Crippen LogP contribution in [-0.2, 0) is 21.2 Å². The summed E-state index contributed by atoms with van der Waals surface area (Å²) in [7, 11) is -4.58. The molecule has 69 heavy (non-hydrogen) atoms. The van der Waals surface area contributed by atoms with Crippen LogP contribution in [0.2, 0.25) is 0 Å². The number of nitro groups is 1. The molecule has 10 rings (SSSR count). The number of fused-ring (bicyclic) bond motifs is 1. The lowest BCUT2D eigenvalue weighted by Gasteiger charge is -2.36. The number of hydrogen-bond donors (Lipinski definition) is 2. The molecule has 1 amide bonds. The number of amides is 1. The highest BCUT2D eigenvalue weighted by atomic mass is 32.2. The van der Waals surface area contributed by atoms with E-state index in [9.17, 15) is 23.3 Å². The van der Waals surface area contributed by atoms with Crippen LogP contribution in [0.4, 0.5) is 5.69 Å². The largest absolute Gasteiger partial charge is 0.455 e. The SMILES string of the molecule is O=C(NS(=O)(=O)c1ccc(CC(CCN2CCOCC2)CSc2ccccc2)c([N+](=O)[O-])c1)c1ccc(C2=CCC(N3CCCC3c3ccccc3C3CC3)CC2)cc1Oc1cnc2[nH]ccc2c1. The third kappa shape index (κ3) is 11.1. The molecule has 0 spiro atoms. The molecular formula is C54H58N6O7S2. The van der Waals surface area contributed by atoms with E-state index in [1.54, 1.807) is 42.4 Å². The Bertz CT molecular complexity index is 2950. The number of hydrogen-bond acceptors (Lipinski definition) is 11. The van der Waals surface area contributed by atoms with Gasteiger partial charge in [-0.05, 0) is 147 Å². The minimum absolute atomic E-state index is 0.00911. The summed E-state index contributed by atoms with van der Waals surface area (Å²) in [6, 6.07) is 32.7. The van der Waals surface area contributed by atoms with Gasteiger partial charge in [0.15, 0.2) is 0 Å². The Kier molecular flexibility index (Phi) is 14.3. The Morgan fingerprint density at radius 3 is 2.54 bits per heavy atom. The van der Waals surface area contributed by atoms with Gasteiger partial charge < -0.3 is 14.5 Å². The molecule has 6 aromatic rings. The van der Waals surface area contributed by atoms with Gasteiger partial charge in [0, 0.05) is 59.0 Å². The summed E-state index contributed by atoms with van der Waals surface area (Å²) in [6.07, 6.45) is 14.5. The van der Waals surface area contributed by atoms with Gasteiger partial charge in [-0.2, -0.15) is 0 Å². The molecule has 3 unspecified atom stereocenters. The normalized spacial score (nSPS) is 19.6. The second-order valence-electron chi connectivity index (χ2n) is 18.8. The Labute approximate surface area is 407 Å². The number of pyridine rings is 1. The number of carbonyl (C=O) groups excluding carboxylic acids is 1. The molecule has 3 fully saturated rings. The number of ether oxygens (including phenoxy) is 2. The van der Waals surface area contributed by atoms with E-state index in [0.29, 0.717) is 54.6 Å². The minimum Gasteiger partial charge on any atom is -0.455 e.